The van der Waals surface area contributed by atoms with E-state index in [2.05, 4.69) is 37.6 Å². The van der Waals surface area contributed by atoms with Crippen molar-refractivity contribution < 1.29 is 4.52 Å². The third-order valence-corrected chi connectivity index (χ3v) is 3.44. The van der Waals surface area contributed by atoms with Crippen molar-refractivity contribution in [1.82, 2.24) is 20.0 Å². The van der Waals surface area contributed by atoms with Crippen LogP contribution in [0.2, 0.25) is 0 Å². The van der Waals surface area contributed by atoms with Gasteiger partial charge < -0.3 is 9.84 Å². The molecule has 0 fully saturated rings. The maximum absolute atomic E-state index is 5.13. The molecule has 2 rings (SSSR count). The van der Waals surface area contributed by atoms with Gasteiger partial charge in [0.15, 0.2) is 11.0 Å². The average Bonchev–Trinajstić information content (AvgIpc) is 2.97. The van der Waals surface area contributed by atoms with Crippen molar-refractivity contribution in [1.29, 1.82) is 0 Å². The van der Waals surface area contributed by atoms with Crippen LogP contribution in [0.15, 0.2) is 9.90 Å². The van der Waals surface area contributed by atoms with E-state index in [1.54, 1.807) is 11.3 Å². The summed E-state index contributed by atoms with van der Waals surface area (Å²) in [5, 5.41) is 9.83. The molecule has 0 aliphatic rings. The summed E-state index contributed by atoms with van der Waals surface area (Å²) in [6.07, 6.45) is 0. The standard InChI is InChI=1S/C11H17N5OS/c1-4-16(6-10-13-8(2)15-17-10)5-9-7-18-11(12-3)14-9/h7H,4-6H2,1-3H3,(H,12,14). The SMILES string of the molecule is CCN(Cc1csc(NC)n1)Cc1nc(C)no1. The van der Waals surface area contributed by atoms with E-state index in [0.717, 1.165) is 23.9 Å². The van der Waals surface area contributed by atoms with E-state index < -0.39 is 0 Å². The second kappa shape index (κ2) is 5.92. The molecule has 2 aromatic rings. The lowest BCUT2D eigenvalue weighted by Gasteiger charge is -2.16. The van der Waals surface area contributed by atoms with E-state index >= 15 is 0 Å². The van der Waals surface area contributed by atoms with Crippen LogP contribution in [0.25, 0.3) is 0 Å². The lowest BCUT2D eigenvalue weighted by molar-refractivity contribution is 0.227. The zero-order valence-electron chi connectivity index (χ0n) is 10.8. The lowest BCUT2D eigenvalue weighted by Crippen LogP contribution is -2.22. The molecule has 0 aliphatic heterocycles. The first-order valence-corrected chi connectivity index (χ1v) is 6.73. The van der Waals surface area contributed by atoms with Crippen LogP contribution in [0, 0.1) is 6.92 Å². The molecular weight excluding hydrogens is 250 g/mol. The van der Waals surface area contributed by atoms with Gasteiger partial charge in [0.1, 0.15) is 0 Å². The Bertz CT molecular complexity index is 495. The zero-order valence-corrected chi connectivity index (χ0v) is 11.6. The minimum atomic E-state index is 0.651. The van der Waals surface area contributed by atoms with E-state index in [4.69, 9.17) is 4.52 Å². The van der Waals surface area contributed by atoms with Gasteiger partial charge >= 0.3 is 0 Å². The van der Waals surface area contributed by atoms with Crippen LogP contribution in [0.1, 0.15) is 24.3 Å². The molecule has 18 heavy (non-hydrogen) atoms. The van der Waals surface area contributed by atoms with E-state index in [1.165, 1.54) is 0 Å². The predicted molar refractivity (Wildman–Crippen MR) is 70.5 cm³/mol. The first-order valence-electron chi connectivity index (χ1n) is 5.85. The topological polar surface area (TPSA) is 67.1 Å². The number of thiazole rings is 1. The van der Waals surface area contributed by atoms with Crippen molar-refractivity contribution in [3.8, 4) is 0 Å². The van der Waals surface area contributed by atoms with E-state index in [0.29, 0.717) is 18.3 Å². The van der Waals surface area contributed by atoms with E-state index in [9.17, 15) is 0 Å². The summed E-state index contributed by atoms with van der Waals surface area (Å²) in [5.41, 5.74) is 1.06. The number of nitrogens with zero attached hydrogens (tertiary/aromatic N) is 4. The van der Waals surface area contributed by atoms with Crippen molar-refractivity contribution in [3.63, 3.8) is 0 Å². The van der Waals surface area contributed by atoms with E-state index in [-0.39, 0.29) is 0 Å². The van der Waals surface area contributed by atoms with Crippen LogP contribution in [-0.2, 0) is 13.1 Å². The molecule has 6 nitrogen and oxygen atoms in total. The summed E-state index contributed by atoms with van der Waals surface area (Å²) in [4.78, 5) is 10.9. The summed E-state index contributed by atoms with van der Waals surface area (Å²) >= 11 is 1.61. The summed E-state index contributed by atoms with van der Waals surface area (Å²) in [6.45, 7) is 6.28. The maximum Gasteiger partial charge on any atom is 0.240 e. The molecule has 7 heteroatoms. The Morgan fingerprint density at radius 3 is 2.78 bits per heavy atom. The number of aromatic nitrogens is 3. The molecule has 2 heterocycles. The number of anilines is 1. The van der Waals surface area contributed by atoms with Crippen molar-refractivity contribution in [3.05, 3.63) is 22.8 Å². The second-order valence-corrected chi connectivity index (χ2v) is 4.79. The minimum absolute atomic E-state index is 0.651. The predicted octanol–water partition coefficient (Wildman–Crippen LogP) is 1.90. The van der Waals surface area contributed by atoms with E-state index in [1.807, 2.05) is 14.0 Å². The average molecular weight is 267 g/mol. The molecule has 0 aromatic carbocycles. The highest BCUT2D eigenvalue weighted by atomic mass is 32.1. The second-order valence-electron chi connectivity index (χ2n) is 3.93. The maximum atomic E-state index is 5.13. The summed E-state index contributed by atoms with van der Waals surface area (Å²) < 4.78 is 5.13. The van der Waals surface area contributed by atoms with Gasteiger partial charge in [0.25, 0.3) is 0 Å². The fourth-order valence-corrected chi connectivity index (χ4v) is 2.26. The number of aryl methyl sites for hydroxylation is 1. The van der Waals surface area contributed by atoms with Gasteiger partial charge in [0.05, 0.1) is 12.2 Å². The fourth-order valence-electron chi connectivity index (χ4n) is 1.60. The molecule has 2 aromatic heterocycles. The number of nitrogens with one attached hydrogen (secondary N) is 1. The van der Waals surface area contributed by atoms with Crippen LogP contribution in [0.4, 0.5) is 5.13 Å². The Kier molecular flexibility index (Phi) is 4.27. The van der Waals surface area contributed by atoms with Crippen LogP contribution >= 0.6 is 11.3 Å². The highest BCUT2D eigenvalue weighted by molar-refractivity contribution is 7.13. The zero-order chi connectivity index (χ0) is 13.0. The van der Waals surface area contributed by atoms with Gasteiger partial charge in [0, 0.05) is 19.0 Å². The Morgan fingerprint density at radius 2 is 2.22 bits per heavy atom. The van der Waals surface area contributed by atoms with Crippen LogP contribution in [0.5, 0.6) is 0 Å². The van der Waals surface area contributed by atoms with Crippen molar-refractivity contribution in [2.45, 2.75) is 26.9 Å². The van der Waals surface area contributed by atoms with Crippen LogP contribution in [-0.4, -0.2) is 33.6 Å². The number of hydrogen-bond acceptors (Lipinski definition) is 7. The summed E-state index contributed by atoms with van der Waals surface area (Å²) in [5.74, 6) is 1.32. The van der Waals surface area contributed by atoms with Gasteiger partial charge in [-0.05, 0) is 13.5 Å². The Morgan fingerprint density at radius 1 is 1.39 bits per heavy atom. The Hall–Kier alpha value is -1.47. The van der Waals surface area contributed by atoms with Crippen LogP contribution < -0.4 is 5.32 Å². The molecular formula is C11H17N5OS. The van der Waals surface area contributed by atoms with Gasteiger partial charge in [-0.15, -0.1) is 11.3 Å². The molecule has 0 amide bonds. The van der Waals surface area contributed by atoms with Gasteiger partial charge in [-0.1, -0.05) is 12.1 Å². The fraction of sp³-hybridized carbons (Fsp3) is 0.545. The highest BCUT2D eigenvalue weighted by Gasteiger charge is 2.11. The summed E-state index contributed by atoms with van der Waals surface area (Å²) in [6, 6.07) is 0. The first kappa shape index (κ1) is 13.0. The molecule has 0 aliphatic carbocycles. The largest absolute Gasteiger partial charge is 0.365 e. The van der Waals surface area contributed by atoms with Crippen molar-refractivity contribution in [2.75, 3.05) is 18.9 Å². The summed E-state index contributed by atoms with van der Waals surface area (Å²) in [7, 11) is 1.88. The number of rotatable bonds is 6. The van der Waals surface area contributed by atoms with Gasteiger partial charge in [-0.3, -0.25) is 4.90 Å². The van der Waals surface area contributed by atoms with Gasteiger partial charge in [-0.2, -0.15) is 4.98 Å². The quantitative estimate of drug-likeness (QED) is 0.862. The van der Waals surface area contributed by atoms with Gasteiger partial charge in [-0.25, -0.2) is 4.98 Å². The monoisotopic (exact) mass is 267 g/mol. The third kappa shape index (κ3) is 3.27. The molecule has 0 unspecified atom stereocenters. The molecule has 1 N–H and O–H groups in total. The smallest absolute Gasteiger partial charge is 0.240 e. The lowest BCUT2D eigenvalue weighted by atomic mass is 10.4. The van der Waals surface area contributed by atoms with Crippen LogP contribution in [0.3, 0.4) is 0 Å². The molecule has 98 valence electrons. The highest BCUT2D eigenvalue weighted by Crippen LogP contribution is 2.16. The molecule has 0 saturated heterocycles. The van der Waals surface area contributed by atoms with Gasteiger partial charge in [0.2, 0.25) is 5.89 Å². The number of hydrogen-bond donors (Lipinski definition) is 1. The molecule has 0 atom stereocenters. The Labute approximate surface area is 110 Å². The Balaban J connectivity index is 1.96. The van der Waals surface area contributed by atoms with Crippen molar-refractivity contribution in [2.24, 2.45) is 0 Å². The minimum Gasteiger partial charge on any atom is -0.365 e. The van der Waals surface area contributed by atoms with Crippen molar-refractivity contribution >= 4 is 16.5 Å². The normalized spacial score (nSPS) is 11.1. The molecule has 0 saturated carbocycles. The third-order valence-electron chi connectivity index (χ3n) is 2.53. The first-order chi connectivity index (χ1) is 8.71. The molecule has 0 spiro atoms. The molecule has 0 bridgehead atoms. The molecule has 0 radical (unpaired) electrons.